The lowest BCUT2D eigenvalue weighted by molar-refractivity contribution is -0.149. The lowest BCUT2D eigenvalue weighted by atomic mass is 10.0. The van der Waals surface area contributed by atoms with Crippen molar-refractivity contribution >= 4 is 39.4 Å². The van der Waals surface area contributed by atoms with Gasteiger partial charge in [-0.2, -0.15) is 17.0 Å². The lowest BCUT2D eigenvalue weighted by Gasteiger charge is -2.33. The molecule has 1 aromatic carbocycles. The Labute approximate surface area is 158 Å². The molecule has 1 atom stereocenters. The summed E-state index contributed by atoms with van der Waals surface area (Å²) >= 11 is 12.1. The first kappa shape index (κ1) is 20.5. The molecule has 2 rings (SSSR count). The van der Waals surface area contributed by atoms with Crippen LogP contribution in [-0.4, -0.2) is 49.7 Å². The molecular formula is C16H22Cl2N2O4S. The van der Waals surface area contributed by atoms with Crippen LogP contribution in [0.1, 0.15) is 25.3 Å². The van der Waals surface area contributed by atoms with Gasteiger partial charge in [0, 0.05) is 26.7 Å². The Bertz CT molecular complexity index is 727. The van der Waals surface area contributed by atoms with Crippen LogP contribution in [0.4, 0.5) is 0 Å². The van der Waals surface area contributed by atoms with Crippen LogP contribution in [-0.2, 0) is 26.3 Å². The van der Waals surface area contributed by atoms with Crippen molar-refractivity contribution in [1.82, 2.24) is 8.61 Å². The maximum Gasteiger partial charge on any atom is 0.310 e. The van der Waals surface area contributed by atoms with Gasteiger partial charge in [0.1, 0.15) is 0 Å². The van der Waals surface area contributed by atoms with Crippen LogP contribution < -0.4 is 0 Å². The van der Waals surface area contributed by atoms with E-state index in [0.29, 0.717) is 35.0 Å². The molecule has 0 bridgehead atoms. The molecule has 1 aliphatic heterocycles. The number of hydrogen-bond donors (Lipinski definition) is 0. The number of carbonyl (C=O) groups excluding carboxylic acids is 1. The molecule has 6 nitrogen and oxygen atoms in total. The van der Waals surface area contributed by atoms with Crippen molar-refractivity contribution in [3.63, 3.8) is 0 Å². The van der Waals surface area contributed by atoms with Gasteiger partial charge in [0.15, 0.2) is 0 Å². The van der Waals surface area contributed by atoms with Gasteiger partial charge < -0.3 is 4.74 Å². The summed E-state index contributed by atoms with van der Waals surface area (Å²) in [6, 6.07) is 5.11. The number of ether oxygens (including phenoxy) is 1. The molecule has 0 saturated carbocycles. The highest BCUT2D eigenvalue weighted by atomic mass is 35.5. The number of benzene rings is 1. The highest BCUT2D eigenvalue weighted by Gasteiger charge is 2.35. The van der Waals surface area contributed by atoms with E-state index in [1.165, 1.54) is 15.7 Å². The van der Waals surface area contributed by atoms with Crippen LogP contribution in [0.25, 0.3) is 0 Å². The standard InChI is InChI=1S/C16H22Cl2N2O4S/c1-3-24-16(21)13-7-5-9-20(11-13)25(22,23)19(2)10-12-6-4-8-14(17)15(12)18/h4,6,8,13H,3,5,7,9-11H2,1-2H3/t13-/m0/s1. The van der Waals surface area contributed by atoms with Gasteiger partial charge in [0.25, 0.3) is 10.2 Å². The number of esters is 1. The lowest BCUT2D eigenvalue weighted by Crippen LogP contribution is -2.48. The SMILES string of the molecule is CCOC(=O)[C@H]1CCCN(S(=O)(=O)N(C)Cc2cccc(Cl)c2Cl)C1. The Morgan fingerprint density at radius 1 is 1.40 bits per heavy atom. The smallest absolute Gasteiger partial charge is 0.310 e. The molecule has 0 N–H and O–H groups in total. The minimum Gasteiger partial charge on any atom is -0.466 e. The molecular weight excluding hydrogens is 387 g/mol. The van der Waals surface area contributed by atoms with E-state index in [2.05, 4.69) is 0 Å². The normalized spacial score (nSPS) is 19.2. The van der Waals surface area contributed by atoms with E-state index in [9.17, 15) is 13.2 Å². The summed E-state index contributed by atoms with van der Waals surface area (Å²) in [5.41, 5.74) is 0.624. The summed E-state index contributed by atoms with van der Waals surface area (Å²) in [4.78, 5) is 11.9. The van der Waals surface area contributed by atoms with Crippen molar-refractivity contribution in [3.05, 3.63) is 33.8 Å². The van der Waals surface area contributed by atoms with Gasteiger partial charge in [0.05, 0.1) is 22.6 Å². The van der Waals surface area contributed by atoms with Crippen LogP contribution in [0.15, 0.2) is 18.2 Å². The Kier molecular flexibility index (Phi) is 7.10. The number of piperidine rings is 1. The summed E-state index contributed by atoms with van der Waals surface area (Å²) in [5, 5.41) is 0.722. The molecule has 0 unspecified atom stereocenters. The molecule has 1 fully saturated rings. The van der Waals surface area contributed by atoms with E-state index in [4.69, 9.17) is 27.9 Å². The van der Waals surface area contributed by atoms with Crippen LogP contribution in [0.5, 0.6) is 0 Å². The topological polar surface area (TPSA) is 66.9 Å². The van der Waals surface area contributed by atoms with E-state index in [0.717, 1.165) is 0 Å². The monoisotopic (exact) mass is 408 g/mol. The van der Waals surface area contributed by atoms with Gasteiger partial charge >= 0.3 is 5.97 Å². The second-order valence-corrected chi connectivity index (χ2v) is 8.75. The summed E-state index contributed by atoms with van der Waals surface area (Å²) in [5.74, 6) is -0.769. The quantitative estimate of drug-likeness (QED) is 0.678. The summed E-state index contributed by atoms with van der Waals surface area (Å²) in [6.07, 6.45) is 1.25. The number of rotatable bonds is 6. The average Bonchev–Trinajstić information content (AvgIpc) is 2.59. The second-order valence-electron chi connectivity index (χ2n) is 5.93. The van der Waals surface area contributed by atoms with Gasteiger partial charge in [-0.1, -0.05) is 35.3 Å². The number of halogens is 2. The predicted octanol–water partition coefficient (Wildman–Crippen LogP) is 2.95. The number of hydrogen-bond acceptors (Lipinski definition) is 4. The molecule has 1 saturated heterocycles. The van der Waals surface area contributed by atoms with Crippen molar-refractivity contribution in [2.45, 2.75) is 26.3 Å². The zero-order valence-electron chi connectivity index (χ0n) is 14.2. The van der Waals surface area contributed by atoms with E-state index < -0.39 is 16.1 Å². The molecule has 1 aromatic rings. The summed E-state index contributed by atoms with van der Waals surface area (Å²) < 4.78 is 33.2. The van der Waals surface area contributed by atoms with Gasteiger partial charge in [-0.15, -0.1) is 0 Å². The van der Waals surface area contributed by atoms with Crippen LogP contribution in [0, 0.1) is 5.92 Å². The van der Waals surface area contributed by atoms with Crippen LogP contribution in [0.3, 0.4) is 0 Å². The van der Waals surface area contributed by atoms with Crippen molar-refractivity contribution < 1.29 is 17.9 Å². The molecule has 0 radical (unpaired) electrons. The minimum absolute atomic E-state index is 0.0995. The Balaban J connectivity index is 2.11. The molecule has 1 aliphatic rings. The summed E-state index contributed by atoms with van der Waals surface area (Å²) in [7, 11) is -2.23. The Morgan fingerprint density at radius 3 is 2.80 bits per heavy atom. The zero-order chi connectivity index (χ0) is 18.6. The van der Waals surface area contributed by atoms with E-state index in [-0.39, 0.29) is 25.7 Å². The number of carbonyl (C=O) groups is 1. The van der Waals surface area contributed by atoms with Crippen molar-refractivity contribution in [1.29, 1.82) is 0 Å². The van der Waals surface area contributed by atoms with Gasteiger partial charge in [-0.25, -0.2) is 0 Å². The van der Waals surface area contributed by atoms with Crippen molar-refractivity contribution in [2.75, 3.05) is 26.7 Å². The third kappa shape index (κ3) is 4.86. The van der Waals surface area contributed by atoms with Crippen LogP contribution >= 0.6 is 23.2 Å². The molecule has 140 valence electrons. The predicted molar refractivity (Wildman–Crippen MR) is 97.8 cm³/mol. The molecule has 0 amide bonds. The minimum atomic E-state index is -3.71. The molecule has 0 aromatic heterocycles. The maximum atomic E-state index is 12.8. The van der Waals surface area contributed by atoms with Gasteiger partial charge in [-0.3, -0.25) is 4.79 Å². The first-order valence-corrected chi connectivity index (χ1v) is 10.2. The zero-order valence-corrected chi connectivity index (χ0v) is 16.6. The fourth-order valence-electron chi connectivity index (χ4n) is 2.79. The molecule has 9 heteroatoms. The van der Waals surface area contributed by atoms with Crippen LogP contribution in [0.2, 0.25) is 10.0 Å². The van der Waals surface area contributed by atoms with E-state index >= 15 is 0 Å². The van der Waals surface area contributed by atoms with E-state index in [1.807, 2.05) is 0 Å². The first-order chi connectivity index (χ1) is 11.8. The van der Waals surface area contributed by atoms with Gasteiger partial charge in [-0.05, 0) is 31.4 Å². The largest absolute Gasteiger partial charge is 0.466 e. The maximum absolute atomic E-state index is 12.8. The second kappa shape index (κ2) is 8.68. The highest BCUT2D eigenvalue weighted by molar-refractivity contribution is 7.86. The first-order valence-electron chi connectivity index (χ1n) is 8.08. The highest BCUT2D eigenvalue weighted by Crippen LogP contribution is 2.28. The summed E-state index contributed by atoms with van der Waals surface area (Å²) in [6.45, 7) is 2.63. The Hall–Kier alpha value is -0.860. The van der Waals surface area contributed by atoms with E-state index in [1.54, 1.807) is 25.1 Å². The van der Waals surface area contributed by atoms with Crippen molar-refractivity contribution in [2.24, 2.45) is 5.92 Å². The third-order valence-corrected chi connectivity index (χ3v) is 6.91. The molecule has 25 heavy (non-hydrogen) atoms. The fourth-order valence-corrected chi connectivity index (χ4v) is 4.60. The third-order valence-electron chi connectivity index (χ3n) is 4.15. The average molecular weight is 409 g/mol. The number of nitrogens with zero attached hydrogens (tertiary/aromatic N) is 2. The van der Waals surface area contributed by atoms with Gasteiger partial charge in [0.2, 0.25) is 0 Å². The molecule has 0 spiro atoms. The molecule has 0 aliphatic carbocycles. The van der Waals surface area contributed by atoms with Crippen molar-refractivity contribution in [3.8, 4) is 0 Å². The fraction of sp³-hybridized carbons (Fsp3) is 0.562. The Morgan fingerprint density at radius 2 is 2.12 bits per heavy atom. The molecule has 1 heterocycles.